The summed E-state index contributed by atoms with van der Waals surface area (Å²) in [6, 6.07) is 0. The van der Waals surface area contributed by atoms with E-state index in [1.807, 2.05) is 26.0 Å². The van der Waals surface area contributed by atoms with Crippen molar-refractivity contribution in [2.45, 2.75) is 234 Å². The number of aliphatic hydroxyl groups is 12. The van der Waals surface area contributed by atoms with E-state index in [9.17, 15) is 66.1 Å². The molecule has 0 bridgehead atoms. The molecule has 4 aliphatic carbocycles. The summed E-state index contributed by atoms with van der Waals surface area (Å²) in [6.45, 7) is 12.4. The number of carbonyl (C=O) groups is 1. The lowest BCUT2D eigenvalue weighted by Crippen LogP contribution is -2.67. The standard InChI is InChI=1S/C53H88O22/c1-25-34(58)37(61)41(65)46(71-25)75-43-42(74-44-39(63)35(59)28(56)21-68-44)29(57)22-69-47(43)73-33-14-19-52(23-55)31(49(33,4)5)13-18-51(7)32(52)11-10-26-27(12-17-50(26,51)6)53(66,16-9-15-48(2,3)67-8)24-70-45-40(64)38(62)36(60)30(20-54)72-45/h9,15,23,25-47,54,56-66H,10-14,16-22,24H2,1-8H3/b15-9+/t25-,26+,27-,28+,29-,30+,31-,32-,33-,34-,35-,36+,37+,38-,39+,40+,41+,42-,43+,44-,45+,46-,47-,50+,51+,52+,53+/m0/s1. The molecule has 4 saturated carbocycles. The molecule has 12 N–H and O–H groups in total. The third kappa shape index (κ3) is 10.6. The predicted molar refractivity (Wildman–Crippen MR) is 259 cm³/mol. The van der Waals surface area contributed by atoms with Crippen LogP contribution in [0.4, 0.5) is 0 Å². The highest BCUT2D eigenvalue weighted by Crippen LogP contribution is 2.75. The van der Waals surface area contributed by atoms with E-state index in [1.165, 1.54) is 13.2 Å². The molecule has 27 atom stereocenters. The largest absolute Gasteiger partial charge is 0.394 e. The van der Waals surface area contributed by atoms with Gasteiger partial charge >= 0.3 is 0 Å². The van der Waals surface area contributed by atoms with Crippen molar-refractivity contribution < 1.29 is 109 Å². The second-order valence-corrected chi connectivity index (χ2v) is 25.0. The van der Waals surface area contributed by atoms with E-state index in [0.29, 0.717) is 38.5 Å². The zero-order valence-electron chi connectivity index (χ0n) is 44.7. The topological polar surface area (TPSA) is 343 Å². The molecule has 75 heavy (non-hydrogen) atoms. The number of aldehydes is 1. The van der Waals surface area contributed by atoms with Gasteiger partial charge in [-0.2, -0.15) is 0 Å². The molecular weight excluding hydrogens is 989 g/mol. The first-order valence-corrected chi connectivity index (χ1v) is 27.1. The van der Waals surface area contributed by atoms with Crippen molar-refractivity contribution in [2.24, 2.45) is 45.3 Å². The summed E-state index contributed by atoms with van der Waals surface area (Å²) >= 11 is 0. The predicted octanol–water partition coefficient (Wildman–Crippen LogP) is -1.09. The lowest BCUT2D eigenvalue weighted by atomic mass is 9.35. The summed E-state index contributed by atoms with van der Waals surface area (Å²) < 4.78 is 54.4. The van der Waals surface area contributed by atoms with Crippen LogP contribution in [-0.4, -0.2) is 229 Å². The van der Waals surface area contributed by atoms with Gasteiger partial charge in [0.15, 0.2) is 25.2 Å². The molecule has 432 valence electrons. The lowest BCUT2D eigenvalue weighted by Gasteiger charge is -2.69. The molecule has 4 aliphatic heterocycles. The number of fused-ring (bicyclic) bond motifs is 5. The van der Waals surface area contributed by atoms with Gasteiger partial charge in [-0.15, -0.1) is 0 Å². The van der Waals surface area contributed by atoms with Gasteiger partial charge in [0.2, 0.25) is 0 Å². The molecular formula is C53H88O22. The summed E-state index contributed by atoms with van der Waals surface area (Å²) in [4.78, 5) is 14.2. The maximum Gasteiger partial charge on any atom is 0.187 e. The highest BCUT2D eigenvalue weighted by Gasteiger charge is 2.71. The van der Waals surface area contributed by atoms with Crippen LogP contribution in [-0.2, 0) is 47.4 Å². The van der Waals surface area contributed by atoms with Crippen molar-refractivity contribution >= 4 is 6.29 Å². The molecule has 8 aliphatic rings. The summed E-state index contributed by atoms with van der Waals surface area (Å²) in [5, 5.41) is 130. The van der Waals surface area contributed by atoms with Crippen molar-refractivity contribution in [1.82, 2.24) is 0 Å². The number of carbonyl (C=O) groups excluding carboxylic acids is 1. The van der Waals surface area contributed by atoms with Gasteiger partial charge in [-0.05, 0) is 118 Å². The number of aliphatic hydroxyl groups excluding tert-OH is 11. The molecule has 22 nitrogen and oxygen atoms in total. The minimum absolute atomic E-state index is 0.0164. The van der Waals surface area contributed by atoms with Crippen molar-refractivity contribution in [3.05, 3.63) is 12.2 Å². The third-order valence-electron chi connectivity index (χ3n) is 20.3. The molecule has 4 saturated heterocycles. The number of hydrogen-bond acceptors (Lipinski definition) is 22. The van der Waals surface area contributed by atoms with Crippen molar-refractivity contribution in [3.63, 3.8) is 0 Å². The SMILES string of the molecule is COC(C)(C)/C=C/C[C@@](O)(CO[C@@H]1O[C@H](CO)[C@@H](O)[C@H](O)[C@H]1O)[C@H]1CC[C@]2(C)[C@@H]1CC[C@@H]1[C@@]3(C=O)CC[C@H](O[C@@H]4OC[C@H](O)[C@H](O[C@@H]5OC[C@@H](O)[C@H](O)[C@H]5O)[C@H]4O[C@@H]4O[C@@H](C)[C@H](O)[C@@H](O)[C@H]4O)C(C)(C)[C@@H]3CC[C@]12C. The lowest BCUT2D eigenvalue weighted by molar-refractivity contribution is -0.383. The average Bonchev–Trinajstić information content (AvgIpc) is 3.75. The monoisotopic (exact) mass is 1080 g/mol. The van der Waals surface area contributed by atoms with Crippen LogP contribution in [0, 0.1) is 45.3 Å². The summed E-state index contributed by atoms with van der Waals surface area (Å²) in [5.74, 6) is -0.557. The van der Waals surface area contributed by atoms with Gasteiger partial charge in [-0.25, -0.2) is 0 Å². The molecule has 0 unspecified atom stereocenters. The molecule has 0 aromatic carbocycles. The zero-order valence-corrected chi connectivity index (χ0v) is 44.7. The molecule has 8 fully saturated rings. The van der Waals surface area contributed by atoms with Crippen LogP contribution in [0.2, 0.25) is 0 Å². The Morgan fingerprint density at radius 1 is 0.640 bits per heavy atom. The fourth-order valence-corrected chi connectivity index (χ4v) is 15.4. The molecule has 4 heterocycles. The van der Waals surface area contributed by atoms with E-state index in [-0.39, 0.29) is 54.1 Å². The van der Waals surface area contributed by atoms with E-state index in [2.05, 4.69) is 27.7 Å². The number of ether oxygens (including phenoxy) is 9. The van der Waals surface area contributed by atoms with Gasteiger partial charge in [-0.3, -0.25) is 0 Å². The van der Waals surface area contributed by atoms with Crippen molar-refractivity contribution in [3.8, 4) is 0 Å². The van der Waals surface area contributed by atoms with Gasteiger partial charge < -0.3 is 109 Å². The Kier molecular flexibility index (Phi) is 17.9. The van der Waals surface area contributed by atoms with Gasteiger partial charge in [-0.1, -0.05) is 39.8 Å². The van der Waals surface area contributed by atoms with Crippen LogP contribution in [0.5, 0.6) is 0 Å². The molecule has 0 aromatic rings. The molecule has 0 aromatic heterocycles. The third-order valence-corrected chi connectivity index (χ3v) is 20.3. The highest BCUT2D eigenvalue weighted by atomic mass is 16.8. The first kappa shape index (κ1) is 59.7. The average molecular weight is 1080 g/mol. The van der Waals surface area contributed by atoms with E-state index >= 15 is 0 Å². The second kappa shape index (κ2) is 22.5. The number of rotatable bonds is 16. The minimum Gasteiger partial charge on any atom is -0.394 e. The van der Waals surface area contributed by atoms with Crippen molar-refractivity contribution in [2.75, 3.05) is 33.5 Å². The second-order valence-electron chi connectivity index (χ2n) is 25.0. The van der Waals surface area contributed by atoms with Gasteiger partial charge in [0.25, 0.3) is 0 Å². The Bertz CT molecular complexity index is 1960. The first-order chi connectivity index (χ1) is 35.1. The normalized spacial score (nSPS) is 51.1. The molecule has 0 spiro atoms. The van der Waals surface area contributed by atoms with Crippen LogP contribution < -0.4 is 0 Å². The maximum absolute atomic E-state index is 14.2. The molecule has 0 amide bonds. The van der Waals surface area contributed by atoms with Crippen LogP contribution in [0.3, 0.4) is 0 Å². The van der Waals surface area contributed by atoms with E-state index in [0.717, 1.165) is 12.8 Å². The van der Waals surface area contributed by atoms with Crippen LogP contribution in [0.1, 0.15) is 106 Å². The van der Waals surface area contributed by atoms with Crippen LogP contribution in [0.25, 0.3) is 0 Å². The summed E-state index contributed by atoms with van der Waals surface area (Å²) in [7, 11) is 1.60. The Balaban J connectivity index is 1.03. The fourth-order valence-electron chi connectivity index (χ4n) is 15.4. The Labute approximate surface area is 439 Å². The molecule has 22 heteroatoms. The number of methoxy groups -OCH3 is 1. The maximum atomic E-state index is 14.2. The minimum atomic E-state index is -1.77. The van der Waals surface area contributed by atoms with E-state index in [1.54, 1.807) is 7.11 Å². The molecule has 0 radical (unpaired) electrons. The smallest absolute Gasteiger partial charge is 0.187 e. The summed E-state index contributed by atoms with van der Waals surface area (Å²) in [5.41, 5.74) is -4.33. The van der Waals surface area contributed by atoms with Crippen LogP contribution >= 0.6 is 0 Å². The summed E-state index contributed by atoms with van der Waals surface area (Å²) in [6.07, 6.45) is -17.4. The molecule has 8 rings (SSSR count). The zero-order chi connectivity index (χ0) is 55.0. The van der Waals surface area contributed by atoms with Gasteiger partial charge in [0.1, 0.15) is 85.6 Å². The highest BCUT2D eigenvalue weighted by molar-refractivity contribution is 5.62. The van der Waals surface area contributed by atoms with Gasteiger partial charge in [0.05, 0.1) is 49.8 Å². The van der Waals surface area contributed by atoms with Crippen LogP contribution in [0.15, 0.2) is 12.2 Å². The quantitative estimate of drug-likeness (QED) is 0.0496. The Morgan fingerprint density at radius 3 is 1.95 bits per heavy atom. The Morgan fingerprint density at radius 2 is 1.27 bits per heavy atom. The van der Waals surface area contributed by atoms with Crippen molar-refractivity contribution in [1.29, 1.82) is 0 Å². The fraction of sp³-hybridized carbons (Fsp3) is 0.943. The van der Waals surface area contributed by atoms with E-state index < -0.39 is 152 Å². The van der Waals surface area contributed by atoms with Gasteiger partial charge in [0, 0.05) is 12.5 Å². The number of hydrogen-bond donors (Lipinski definition) is 12. The Hall–Kier alpha value is -1.43. The first-order valence-electron chi connectivity index (χ1n) is 27.1. The van der Waals surface area contributed by atoms with E-state index in [4.69, 9.17) is 42.6 Å².